The van der Waals surface area contributed by atoms with Gasteiger partial charge in [-0.05, 0) is 18.4 Å². The molecule has 0 amide bonds. The van der Waals surface area contributed by atoms with Gasteiger partial charge in [-0.1, -0.05) is 0 Å². The second-order valence-corrected chi connectivity index (χ2v) is 4.83. The highest BCUT2D eigenvalue weighted by Crippen LogP contribution is 2.27. The Balaban J connectivity index is 2.27. The van der Waals surface area contributed by atoms with Crippen molar-refractivity contribution in [1.82, 2.24) is 9.97 Å². The molecule has 2 aromatic rings. The van der Waals surface area contributed by atoms with Gasteiger partial charge in [0.2, 0.25) is 5.95 Å². The zero-order chi connectivity index (χ0) is 13.9. The highest BCUT2D eigenvalue weighted by Gasteiger charge is 2.27. The van der Waals surface area contributed by atoms with E-state index in [2.05, 4.69) is 20.6 Å². The Hall–Kier alpha value is -1.54. The predicted molar refractivity (Wildman–Crippen MR) is 72.1 cm³/mol. The summed E-state index contributed by atoms with van der Waals surface area (Å²) in [6.07, 6.45) is 0. The van der Waals surface area contributed by atoms with Crippen LogP contribution in [0.1, 0.15) is 6.92 Å². The number of hydrogen-bond donors (Lipinski definition) is 3. The monoisotopic (exact) mass is 288 g/mol. The molecule has 0 aliphatic carbocycles. The quantitative estimate of drug-likeness (QED) is 0.760. The molecule has 0 aliphatic rings. The zero-order valence-electron chi connectivity index (χ0n) is 10.3. The van der Waals surface area contributed by atoms with Crippen molar-refractivity contribution < 1.29 is 13.9 Å². The van der Waals surface area contributed by atoms with Crippen LogP contribution in [0, 0.1) is 0 Å². The lowest BCUT2D eigenvalue weighted by molar-refractivity contribution is -0.0373. The maximum atomic E-state index is 13.0. The molecule has 5 nitrogen and oxygen atoms in total. The van der Waals surface area contributed by atoms with Crippen LogP contribution in [0.2, 0.25) is 0 Å². The van der Waals surface area contributed by atoms with E-state index in [1.54, 1.807) is 6.07 Å². The second-order valence-electron chi connectivity index (χ2n) is 3.93. The minimum Gasteiger partial charge on any atom is -0.390 e. The number of nitrogens with zero attached hydrogens (tertiary/aromatic N) is 2. The molecule has 0 aliphatic heterocycles. The minimum atomic E-state index is -3.17. The van der Waals surface area contributed by atoms with Crippen LogP contribution in [-0.2, 0) is 0 Å². The van der Waals surface area contributed by atoms with Crippen LogP contribution in [0.15, 0.2) is 11.4 Å². The third-order valence-corrected chi connectivity index (χ3v) is 3.21. The van der Waals surface area contributed by atoms with Crippen molar-refractivity contribution in [3.8, 4) is 0 Å². The molecule has 0 spiro atoms. The zero-order valence-corrected chi connectivity index (χ0v) is 11.1. The molecule has 104 valence electrons. The van der Waals surface area contributed by atoms with Crippen molar-refractivity contribution in [3.63, 3.8) is 0 Å². The van der Waals surface area contributed by atoms with Gasteiger partial charge in [0.05, 0.1) is 11.9 Å². The van der Waals surface area contributed by atoms with Crippen LogP contribution in [-0.4, -0.2) is 40.7 Å². The highest BCUT2D eigenvalue weighted by molar-refractivity contribution is 7.16. The summed E-state index contributed by atoms with van der Waals surface area (Å²) in [5.74, 6) is -2.44. The molecular weight excluding hydrogens is 274 g/mol. The molecule has 0 aromatic carbocycles. The molecule has 2 aromatic heterocycles. The summed E-state index contributed by atoms with van der Waals surface area (Å²) < 4.78 is 26.1. The minimum absolute atomic E-state index is 0.343. The second kappa shape index (κ2) is 5.62. The summed E-state index contributed by atoms with van der Waals surface area (Å²) in [6.45, 7) is 0.674. The molecule has 0 saturated heterocycles. The van der Waals surface area contributed by atoms with Crippen LogP contribution in [0.25, 0.3) is 10.2 Å². The van der Waals surface area contributed by atoms with Gasteiger partial charge in [-0.3, -0.25) is 0 Å². The topological polar surface area (TPSA) is 70.1 Å². The Bertz CT molecular complexity index is 561. The van der Waals surface area contributed by atoms with E-state index in [9.17, 15) is 8.78 Å². The predicted octanol–water partition coefficient (Wildman–Crippen LogP) is 2.16. The van der Waals surface area contributed by atoms with E-state index in [4.69, 9.17) is 5.11 Å². The Morgan fingerprint density at radius 1 is 1.37 bits per heavy atom. The molecule has 3 N–H and O–H groups in total. The third kappa shape index (κ3) is 3.27. The third-order valence-electron chi connectivity index (χ3n) is 2.41. The Morgan fingerprint density at radius 2 is 2.16 bits per heavy atom. The summed E-state index contributed by atoms with van der Waals surface area (Å²) in [5.41, 5.74) is 0. The van der Waals surface area contributed by atoms with Crippen molar-refractivity contribution in [2.45, 2.75) is 12.8 Å². The van der Waals surface area contributed by atoms with E-state index in [0.29, 0.717) is 23.7 Å². The van der Waals surface area contributed by atoms with Gasteiger partial charge in [0, 0.05) is 6.54 Å². The average molecular weight is 288 g/mol. The van der Waals surface area contributed by atoms with Gasteiger partial charge in [0.1, 0.15) is 17.3 Å². The van der Waals surface area contributed by atoms with Crippen molar-refractivity contribution in [3.05, 3.63) is 11.4 Å². The number of aliphatic hydroxyl groups excluding tert-OH is 1. The first kappa shape index (κ1) is 13.9. The Labute approximate surface area is 112 Å². The van der Waals surface area contributed by atoms with E-state index in [1.807, 2.05) is 12.3 Å². The molecular formula is C11H14F2N4OS. The maximum absolute atomic E-state index is 13.0. The summed E-state index contributed by atoms with van der Waals surface area (Å²) >= 11 is 1.41. The number of aliphatic hydroxyl groups is 1. The van der Waals surface area contributed by atoms with E-state index in [1.165, 1.54) is 11.3 Å². The number of rotatable bonds is 6. The lowest BCUT2D eigenvalue weighted by Gasteiger charge is -2.15. The number of aromatic nitrogens is 2. The summed E-state index contributed by atoms with van der Waals surface area (Å²) in [6, 6.07) is 1.77. The van der Waals surface area contributed by atoms with Crippen molar-refractivity contribution in [2.24, 2.45) is 0 Å². The van der Waals surface area contributed by atoms with Crippen LogP contribution < -0.4 is 10.6 Å². The lowest BCUT2D eigenvalue weighted by Crippen LogP contribution is -2.31. The van der Waals surface area contributed by atoms with Gasteiger partial charge in [0.25, 0.3) is 5.92 Å². The Kier molecular flexibility index (Phi) is 4.11. The van der Waals surface area contributed by atoms with Crippen molar-refractivity contribution in [1.29, 1.82) is 0 Å². The molecule has 8 heteroatoms. The van der Waals surface area contributed by atoms with Gasteiger partial charge in [-0.25, -0.2) is 13.8 Å². The molecule has 0 unspecified atom stereocenters. The van der Waals surface area contributed by atoms with Crippen LogP contribution >= 0.6 is 11.3 Å². The molecule has 0 saturated carbocycles. The molecule has 0 radical (unpaired) electrons. The average Bonchev–Trinajstić information content (AvgIpc) is 2.85. The van der Waals surface area contributed by atoms with Gasteiger partial charge in [-0.15, -0.1) is 11.3 Å². The number of halogens is 2. The van der Waals surface area contributed by atoms with Gasteiger partial charge < -0.3 is 15.7 Å². The highest BCUT2D eigenvalue weighted by atomic mass is 32.1. The number of anilines is 2. The fourth-order valence-corrected chi connectivity index (χ4v) is 2.26. The fourth-order valence-electron chi connectivity index (χ4n) is 1.50. The van der Waals surface area contributed by atoms with Gasteiger partial charge >= 0.3 is 0 Å². The normalized spacial score (nSPS) is 11.8. The molecule has 0 fully saturated rings. The largest absolute Gasteiger partial charge is 0.390 e. The smallest absolute Gasteiger partial charge is 0.287 e. The number of fused-ring (bicyclic) bond motifs is 1. The number of alkyl halides is 2. The molecule has 0 atom stereocenters. The fraction of sp³-hybridized carbons (Fsp3) is 0.455. The summed E-state index contributed by atoms with van der Waals surface area (Å²) in [7, 11) is 0. The van der Waals surface area contributed by atoms with E-state index < -0.39 is 19.1 Å². The van der Waals surface area contributed by atoms with Crippen molar-refractivity contribution >= 4 is 33.3 Å². The number of hydrogen-bond acceptors (Lipinski definition) is 6. The van der Waals surface area contributed by atoms with E-state index >= 15 is 0 Å². The lowest BCUT2D eigenvalue weighted by atomic mass is 10.3. The molecule has 2 rings (SSSR count). The number of nitrogens with one attached hydrogen (secondary N) is 2. The molecule has 19 heavy (non-hydrogen) atoms. The van der Waals surface area contributed by atoms with Crippen LogP contribution in [0.3, 0.4) is 0 Å². The summed E-state index contributed by atoms with van der Waals surface area (Å²) in [5, 5.41) is 16.6. The van der Waals surface area contributed by atoms with Crippen LogP contribution in [0.4, 0.5) is 20.5 Å². The van der Waals surface area contributed by atoms with E-state index in [0.717, 1.165) is 4.83 Å². The van der Waals surface area contributed by atoms with Gasteiger partial charge in [0.15, 0.2) is 0 Å². The first-order chi connectivity index (χ1) is 9.05. The van der Waals surface area contributed by atoms with Crippen LogP contribution in [0.5, 0.6) is 0 Å². The van der Waals surface area contributed by atoms with E-state index in [-0.39, 0.29) is 0 Å². The van der Waals surface area contributed by atoms with Crippen molar-refractivity contribution in [2.75, 3.05) is 30.3 Å². The SMILES string of the molecule is CCNc1nc(NCC(F)(F)CO)c2ccsc2n1. The van der Waals surface area contributed by atoms with Gasteiger partial charge in [-0.2, -0.15) is 4.98 Å². The first-order valence-electron chi connectivity index (χ1n) is 5.77. The summed E-state index contributed by atoms with van der Waals surface area (Å²) in [4.78, 5) is 9.15. The molecule has 2 heterocycles. The number of thiophene rings is 1. The first-order valence-corrected chi connectivity index (χ1v) is 6.65. The standard InChI is InChI=1S/C11H14F2N4OS/c1-2-14-10-16-8(15-5-11(12,13)6-18)7-3-4-19-9(7)17-10/h3-4,18H,2,5-6H2,1H3,(H2,14,15,16,17). The molecule has 0 bridgehead atoms. The maximum Gasteiger partial charge on any atom is 0.287 e. The Morgan fingerprint density at radius 3 is 2.84 bits per heavy atom.